The molecule has 100 valence electrons. The van der Waals surface area contributed by atoms with Crippen LogP contribution < -0.4 is 21.3 Å². The summed E-state index contributed by atoms with van der Waals surface area (Å²) in [6.07, 6.45) is 0. The molecule has 0 aromatic carbocycles. The first kappa shape index (κ1) is 13.1. The van der Waals surface area contributed by atoms with E-state index in [1.165, 1.54) is 11.3 Å². The minimum atomic E-state index is -0.277. The number of aliphatic hydroxyl groups is 1. The van der Waals surface area contributed by atoms with Crippen molar-refractivity contribution in [3.63, 3.8) is 0 Å². The fraction of sp³-hybridized carbons (Fsp3) is 0.600. The van der Waals surface area contributed by atoms with E-state index in [-0.39, 0.29) is 24.9 Å². The maximum Gasteiger partial charge on any atom is 0.265 e. The summed E-state index contributed by atoms with van der Waals surface area (Å²) in [5.41, 5.74) is 5.75. The van der Waals surface area contributed by atoms with Crippen LogP contribution in [-0.4, -0.2) is 55.3 Å². The minimum Gasteiger partial charge on any atom is -0.395 e. The van der Waals surface area contributed by atoms with Gasteiger partial charge in [0, 0.05) is 32.7 Å². The van der Waals surface area contributed by atoms with Crippen LogP contribution in [0, 0.1) is 0 Å². The molecular formula is C10H17N5O2S. The molecule has 2 heterocycles. The quantitative estimate of drug-likeness (QED) is 0.552. The van der Waals surface area contributed by atoms with Crippen LogP contribution in [0.15, 0.2) is 0 Å². The molecule has 2 rings (SSSR count). The van der Waals surface area contributed by atoms with Crippen molar-refractivity contribution in [2.24, 2.45) is 0 Å². The van der Waals surface area contributed by atoms with Gasteiger partial charge in [-0.2, -0.15) is 0 Å². The van der Waals surface area contributed by atoms with Crippen molar-refractivity contribution in [3.8, 4) is 0 Å². The minimum absolute atomic E-state index is 0.0882. The lowest BCUT2D eigenvalue weighted by atomic mass is 10.4. The highest BCUT2D eigenvalue weighted by Gasteiger charge is 2.20. The molecule has 18 heavy (non-hydrogen) atoms. The van der Waals surface area contributed by atoms with Gasteiger partial charge in [0.1, 0.15) is 10.7 Å². The summed E-state index contributed by atoms with van der Waals surface area (Å²) < 4.78 is 0. The molecule has 0 aliphatic carbocycles. The van der Waals surface area contributed by atoms with Crippen LogP contribution in [0.25, 0.3) is 0 Å². The average molecular weight is 271 g/mol. The summed E-state index contributed by atoms with van der Waals surface area (Å²) in [6, 6.07) is 0. The van der Waals surface area contributed by atoms with Gasteiger partial charge in [0.25, 0.3) is 5.91 Å². The molecule has 1 aliphatic heterocycles. The SMILES string of the molecule is Nc1nc(N2CCNCC2)sc1C(=O)NCCO. The van der Waals surface area contributed by atoms with Crippen LogP contribution in [0.4, 0.5) is 10.9 Å². The second-order valence-corrected chi connectivity index (χ2v) is 4.90. The van der Waals surface area contributed by atoms with Crippen LogP contribution in [0.3, 0.4) is 0 Å². The Morgan fingerprint density at radius 2 is 2.28 bits per heavy atom. The van der Waals surface area contributed by atoms with Crippen molar-refractivity contribution in [2.75, 3.05) is 50.0 Å². The van der Waals surface area contributed by atoms with Crippen molar-refractivity contribution in [2.45, 2.75) is 0 Å². The molecule has 0 saturated carbocycles. The van der Waals surface area contributed by atoms with E-state index in [1.54, 1.807) is 0 Å². The van der Waals surface area contributed by atoms with Crippen LogP contribution in [0.5, 0.6) is 0 Å². The molecule has 1 amide bonds. The summed E-state index contributed by atoms with van der Waals surface area (Å²) in [7, 11) is 0. The topological polar surface area (TPSA) is 104 Å². The third kappa shape index (κ3) is 2.89. The van der Waals surface area contributed by atoms with Crippen molar-refractivity contribution in [1.29, 1.82) is 0 Å². The fourth-order valence-electron chi connectivity index (χ4n) is 1.72. The highest BCUT2D eigenvalue weighted by atomic mass is 32.1. The Morgan fingerprint density at radius 1 is 1.56 bits per heavy atom. The fourth-order valence-corrected chi connectivity index (χ4v) is 2.68. The Balaban J connectivity index is 2.08. The second-order valence-electron chi connectivity index (χ2n) is 3.93. The zero-order chi connectivity index (χ0) is 13.0. The van der Waals surface area contributed by atoms with E-state index >= 15 is 0 Å². The van der Waals surface area contributed by atoms with E-state index < -0.39 is 0 Å². The molecule has 7 nitrogen and oxygen atoms in total. The molecule has 1 saturated heterocycles. The normalized spacial score (nSPS) is 15.7. The number of rotatable bonds is 4. The number of hydrogen-bond acceptors (Lipinski definition) is 7. The number of thiazole rings is 1. The number of carbonyl (C=O) groups excluding carboxylic acids is 1. The lowest BCUT2D eigenvalue weighted by Crippen LogP contribution is -2.43. The van der Waals surface area contributed by atoms with E-state index in [1.807, 2.05) is 0 Å². The lowest BCUT2D eigenvalue weighted by molar-refractivity contribution is 0.0949. The number of nitrogens with two attached hydrogens (primary N) is 1. The van der Waals surface area contributed by atoms with E-state index in [0.717, 1.165) is 31.3 Å². The summed E-state index contributed by atoms with van der Waals surface area (Å²) in [6.45, 7) is 3.68. The molecule has 1 aromatic heterocycles. The van der Waals surface area contributed by atoms with E-state index in [9.17, 15) is 4.79 Å². The monoisotopic (exact) mass is 271 g/mol. The Labute approximate surface area is 109 Å². The number of nitrogen functional groups attached to an aromatic ring is 1. The number of carbonyl (C=O) groups is 1. The number of piperazine rings is 1. The highest BCUT2D eigenvalue weighted by Crippen LogP contribution is 2.28. The number of nitrogens with zero attached hydrogens (tertiary/aromatic N) is 2. The lowest BCUT2D eigenvalue weighted by Gasteiger charge is -2.26. The van der Waals surface area contributed by atoms with Gasteiger partial charge in [-0.1, -0.05) is 11.3 Å². The van der Waals surface area contributed by atoms with Crippen LogP contribution in [0.1, 0.15) is 9.67 Å². The van der Waals surface area contributed by atoms with Gasteiger partial charge in [-0.15, -0.1) is 0 Å². The summed E-state index contributed by atoms with van der Waals surface area (Å²) in [5, 5.41) is 15.3. The van der Waals surface area contributed by atoms with Crippen molar-refractivity contribution in [1.82, 2.24) is 15.6 Å². The molecule has 1 aromatic rings. The number of aromatic nitrogens is 1. The van der Waals surface area contributed by atoms with Crippen molar-refractivity contribution < 1.29 is 9.90 Å². The van der Waals surface area contributed by atoms with Gasteiger partial charge in [0.05, 0.1) is 6.61 Å². The van der Waals surface area contributed by atoms with Gasteiger partial charge < -0.3 is 26.4 Å². The maximum atomic E-state index is 11.8. The van der Waals surface area contributed by atoms with Crippen molar-refractivity contribution >= 4 is 28.2 Å². The molecule has 8 heteroatoms. The Morgan fingerprint density at radius 3 is 2.94 bits per heavy atom. The third-order valence-corrected chi connectivity index (χ3v) is 3.76. The molecule has 0 spiro atoms. The van der Waals surface area contributed by atoms with Gasteiger partial charge >= 0.3 is 0 Å². The van der Waals surface area contributed by atoms with E-state index in [0.29, 0.717) is 4.88 Å². The first-order valence-electron chi connectivity index (χ1n) is 5.83. The van der Waals surface area contributed by atoms with Crippen LogP contribution in [-0.2, 0) is 0 Å². The zero-order valence-electron chi connectivity index (χ0n) is 9.98. The summed E-state index contributed by atoms with van der Waals surface area (Å²) in [4.78, 5) is 18.5. The molecular weight excluding hydrogens is 254 g/mol. The van der Waals surface area contributed by atoms with E-state index in [4.69, 9.17) is 10.8 Å². The van der Waals surface area contributed by atoms with Crippen LogP contribution >= 0.6 is 11.3 Å². The van der Waals surface area contributed by atoms with Gasteiger partial charge in [-0.3, -0.25) is 4.79 Å². The predicted octanol–water partition coefficient (Wildman–Crippen LogP) is -1.14. The smallest absolute Gasteiger partial charge is 0.265 e. The standard InChI is InChI=1S/C10H17N5O2S/c11-8-7(9(17)13-3-6-16)18-10(14-8)15-4-1-12-2-5-15/h12,16H,1-6,11H2,(H,13,17). The number of hydrogen-bond donors (Lipinski definition) is 4. The second kappa shape index (κ2) is 5.98. The first-order valence-corrected chi connectivity index (χ1v) is 6.65. The molecule has 1 aliphatic rings. The average Bonchev–Trinajstić information content (AvgIpc) is 2.79. The first-order chi connectivity index (χ1) is 8.72. The molecule has 0 bridgehead atoms. The highest BCUT2D eigenvalue weighted by molar-refractivity contribution is 7.18. The van der Waals surface area contributed by atoms with Gasteiger partial charge in [0.15, 0.2) is 5.13 Å². The summed E-state index contributed by atoms with van der Waals surface area (Å²) >= 11 is 1.29. The number of anilines is 2. The predicted molar refractivity (Wildman–Crippen MR) is 71.0 cm³/mol. The Bertz CT molecular complexity index is 416. The van der Waals surface area contributed by atoms with E-state index in [2.05, 4.69) is 20.5 Å². The number of amides is 1. The zero-order valence-corrected chi connectivity index (χ0v) is 10.8. The molecule has 0 unspecified atom stereocenters. The van der Waals surface area contributed by atoms with Crippen LogP contribution in [0.2, 0.25) is 0 Å². The Kier molecular flexibility index (Phi) is 4.34. The molecule has 1 fully saturated rings. The molecule has 5 N–H and O–H groups in total. The largest absolute Gasteiger partial charge is 0.395 e. The maximum absolute atomic E-state index is 11.8. The van der Waals surface area contributed by atoms with Gasteiger partial charge in [-0.25, -0.2) is 4.98 Å². The Hall–Kier alpha value is -1.38. The van der Waals surface area contributed by atoms with Crippen molar-refractivity contribution in [3.05, 3.63) is 4.88 Å². The third-order valence-electron chi connectivity index (χ3n) is 2.63. The number of aliphatic hydroxyl groups excluding tert-OH is 1. The number of nitrogens with one attached hydrogen (secondary N) is 2. The van der Waals surface area contributed by atoms with Gasteiger partial charge in [0.2, 0.25) is 0 Å². The summed E-state index contributed by atoms with van der Waals surface area (Å²) in [5.74, 6) is -0.0237. The molecule has 0 radical (unpaired) electrons. The molecule has 0 atom stereocenters. The van der Waals surface area contributed by atoms with Gasteiger partial charge in [-0.05, 0) is 0 Å².